The fraction of sp³-hybridized carbons (Fsp3) is 0.615. The molecule has 5 heteroatoms. The van der Waals surface area contributed by atoms with Crippen molar-refractivity contribution in [3.05, 3.63) is 30.1 Å². The number of aromatic nitrogens is 1. The SMILES string of the molecule is CC(N)C(c1ccccn1)N1CCOC(CO)C1. The van der Waals surface area contributed by atoms with E-state index in [1.165, 1.54) is 0 Å². The highest BCUT2D eigenvalue weighted by Gasteiger charge is 2.30. The third kappa shape index (κ3) is 3.05. The van der Waals surface area contributed by atoms with Crippen molar-refractivity contribution in [2.75, 3.05) is 26.3 Å². The summed E-state index contributed by atoms with van der Waals surface area (Å²) in [5.41, 5.74) is 7.08. The van der Waals surface area contributed by atoms with Crippen molar-refractivity contribution in [2.45, 2.75) is 25.1 Å². The van der Waals surface area contributed by atoms with Gasteiger partial charge in [-0.3, -0.25) is 9.88 Å². The lowest BCUT2D eigenvalue weighted by Crippen LogP contribution is -2.49. The number of nitrogens with two attached hydrogens (primary N) is 1. The number of morpholine rings is 1. The summed E-state index contributed by atoms with van der Waals surface area (Å²) in [6.45, 7) is 4.17. The summed E-state index contributed by atoms with van der Waals surface area (Å²) < 4.78 is 5.47. The fourth-order valence-corrected chi connectivity index (χ4v) is 2.45. The standard InChI is InChI=1S/C13H21N3O2/c1-10(14)13(12-4-2-3-5-15-12)16-6-7-18-11(8-16)9-17/h2-5,10-11,13,17H,6-9,14H2,1H3. The lowest BCUT2D eigenvalue weighted by molar-refractivity contribution is -0.0680. The van der Waals surface area contributed by atoms with Crippen LogP contribution in [0.3, 0.4) is 0 Å². The average molecular weight is 251 g/mol. The summed E-state index contributed by atoms with van der Waals surface area (Å²) in [7, 11) is 0. The molecule has 0 saturated carbocycles. The molecule has 0 aliphatic carbocycles. The quantitative estimate of drug-likeness (QED) is 0.798. The second-order valence-corrected chi connectivity index (χ2v) is 4.73. The predicted octanol–water partition coefficient (Wildman–Crippen LogP) is 0.163. The highest BCUT2D eigenvalue weighted by Crippen LogP contribution is 2.23. The van der Waals surface area contributed by atoms with Gasteiger partial charge in [-0.1, -0.05) is 6.07 Å². The Hall–Kier alpha value is -1.01. The number of pyridine rings is 1. The third-order valence-electron chi connectivity index (χ3n) is 3.26. The number of ether oxygens (including phenoxy) is 1. The van der Waals surface area contributed by atoms with Gasteiger partial charge in [-0.15, -0.1) is 0 Å². The first-order valence-corrected chi connectivity index (χ1v) is 6.35. The van der Waals surface area contributed by atoms with E-state index < -0.39 is 0 Å². The van der Waals surface area contributed by atoms with Crippen molar-refractivity contribution < 1.29 is 9.84 Å². The van der Waals surface area contributed by atoms with E-state index in [0.717, 1.165) is 12.2 Å². The van der Waals surface area contributed by atoms with E-state index in [9.17, 15) is 5.11 Å². The highest BCUT2D eigenvalue weighted by molar-refractivity contribution is 5.11. The van der Waals surface area contributed by atoms with Crippen molar-refractivity contribution in [3.63, 3.8) is 0 Å². The van der Waals surface area contributed by atoms with Gasteiger partial charge in [0.25, 0.3) is 0 Å². The molecular formula is C13H21N3O2. The largest absolute Gasteiger partial charge is 0.394 e. The van der Waals surface area contributed by atoms with Crippen LogP contribution in [0.15, 0.2) is 24.4 Å². The van der Waals surface area contributed by atoms with Gasteiger partial charge in [0.05, 0.1) is 31.1 Å². The number of rotatable bonds is 4. The third-order valence-corrected chi connectivity index (χ3v) is 3.26. The average Bonchev–Trinajstić information content (AvgIpc) is 2.40. The zero-order valence-electron chi connectivity index (χ0n) is 10.7. The molecule has 3 atom stereocenters. The zero-order valence-corrected chi connectivity index (χ0v) is 10.7. The first kappa shape index (κ1) is 13.4. The monoisotopic (exact) mass is 251 g/mol. The normalized spacial score (nSPS) is 24.7. The van der Waals surface area contributed by atoms with E-state index in [4.69, 9.17) is 10.5 Å². The number of hydrogen-bond donors (Lipinski definition) is 2. The van der Waals surface area contributed by atoms with Crippen LogP contribution in [0.25, 0.3) is 0 Å². The number of nitrogens with zero attached hydrogens (tertiary/aromatic N) is 2. The molecule has 0 radical (unpaired) electrons. The molecule has 0 aromatic carbocycles. The molecule has 2 heterocycles. The highest BCUT2D eigenvalue weighted by atomic mass is 16.5. The van der Waals surface area contributed by atoms with Crippen LogP contribution in [0, 0.1) is 0 Å². The van der Waals surface area contributed by atoms with Crippen LogP contribution in [0.2, 0.25) is 0 Å². The molecule has 0 bridgehead atoms. The smallest absolute Gasteiger partial charge is 0.0933 e. The van der Waals surface area contributed by atoms with E-state index >= 15 is 0 Å². The van der Waals surface area contributed by atoms with Gasteiger partial charge in [-0.05, 0) is 19.1 Å². The number of aliphatic hydroxyl groups excluding tert-OH is 1. The summed E-state index contributed by atoms with van der Waals surface area (Å²) in [4.78, 5) is 6.65. The van der Waals surface area contributed by atoms with Crippen LogP contribution in [0.1, 0.15) is 18.7 Å². The molecule has 0 amide bonds. The van der Waals surface area contributed by atoms with Crippen molar-refractivity contribution in [1.29, 1.82) is 0 Å². The van der Waals surface area contributed by atoms with Gasteiger partial charge in [0, 0.05) is 25.3 Å². The van der Waals surface area contributed by atoms with Crippen molar-refractivity contribution in [3.8, 4) is 0 Å². The summed E-state index contributed by atoms with van der Waals surface area (Å²) in [6.07, 6.45) is 1.66. The van der Waals surface area contributed by atoms with Crippen molar-refractivity contribution in [1.82, 2.24) is 9.88 Å². The first-order valence-electron chi connectivity index (χ1n) is 6.35. The van der Waals surface area contributed by atoms with Gasteiger partial charge < -0.3 is 15.6 Å². The molecule has 3 unspecified atom stereocenters. The second-order valence-electron chi connectivity index (χ2n) is 4.73. The Labute approximate surface area is 108 Å². The van der Waals surface area contributed by atoms with E-state index in [1.807, 2.05) is 25.1 Å². The van der Waals surface area contributed by atoms with Crippen LogP contribution >= 0.6 is 0 Å². The molecule has 1 aromatic rings. The molecule has 1 fully saturated rings. The summed E-state index contributed by atoms with van der Waals surface area (Å²) in [6, 6.07) is 5.93. The lowest BCUT2D eigenvalue weighted by atomic mass is 10.0. The molecule has 2 rings (SSSR count). The summed E-state index contributed by atoms with van der Waals surface area (Å²) in [5, 5.41) is 9.20. The first-order chi connectivity index (χ1) is 8.72. The van der Waals surface area contributed by atoms with Crippen LogP contribution in [-0.4, -0.2) is 53.4 Å². The molecule has 5 nitrogen and oxygen atoms in total. The van der Waals surface area contributed by atoms with Gasteiger partial charge in [0.15, 0.2) is 0 Å². The van der Waals surface area contributed by atoms with E-state index in [0.29, 0.717) is 13.2 Å². The maximum atomic E-state index is 9.20. The minimum Gasteiger partial charge on any atom is -0.394 e. The Morgan fingerprint density at radius 2 is 2.44 bits per heavy atom. The van der Waals surface area contributed by atoms with E-state index in [-0.39, 0.29) is 24.8 Å². The van der Waals surface area contributed by atoms with E-state index in [2.05, 4.69) is 9.88 Å². The Kier molecular flexibility index (Phi) is 4.66. The minimum absolute atomic E-state index is 0.0163. The maximum absolute atomic E-state index is 9.20. The number of hydrogen-bond acceptors (Lipinski definition) is 5. The van der Waals surface area contributed by atoms with Gasteiger partial charge in [0.2, 0.25) is 0 Å². The summed E-state index contributed by atoms with van der Waals surface area (Å²) >= 11 is 0. The fourth-order valence-electron chi connectivity index (χ4n) is 2.45. The molecule has 1 aromatic heterocycles. The van der Waals surface area contributed by atoms with Crippen LogP contribution in [0.4, 0.5) is 0 Å². The van der Waals surface area contributed by atoms with Gasteiger partial charge in [0.1, 0.15) is 0 Å². The van der Waals surface area contributed by atoms with Gasteiger partial charge >= 0.3 is 0 Å². The lowest BCUT2D eigenvalue weighted by Gasteiger charge is -2.39. The molecule has 1 aliphatic heterocycles. The molecule has 3 N–H and O–H groups in total. The summed E-state index contributed by atoms with van der Waals surface area (Å²) in [5.74, 6) is 0. The molecular weight excluding hydrogens is 230 g/mol. The molecule has 18 heavy (non-hydrogen) atoms. The van der Waals surface area contributed by atoms with Crippen molar-refractivity contribution >= 4 is 0 Å². The Morgan fingerprint density at radius 3 is 3.06 bits per heavy atom. The zero-order chi connectivity index (χ0) is 13.0. The number of aliphatic hydroxyl groups is 1. The maximum Gasteiger partial charge on any atom is 0.0933 e. The second kappa shape index (κ2) is 6.24. The van der Waals surface area contributed by atoms with Crippen LogP contribution < -0.4 is 5.73 Å². The predicted molar refractivity (Wildman–Crippen MR) is 69.0 cm³/mol. The topological polar surface area (TPSA) is 71.6 Å². The van der Waals surface area contributed by atoms with Gasteiger partial charge in [-0.25, -0.2) is 0 Å². The van der Waals surface area contributed by atoms with E-state index in [1.54, 1.807) is 6.20 Å². The van der Waals surface area contributed by atoms with Crippen molar-refractivity contribution in [2.24, 2.45) is 5.73 Å². The Bertz CT molecular complexity index is 359. The minimum atomic E-state index is -0.122. The van der Waals surface area contributed by atoms with Crippen LogP contribution in [0.5, 0.6) is 0 Å². The molecule has 1 saturated heterocycles. The molecule has 1 aliphatic rings. The Balaban J connectivity index is 2.15. The molecule has 0 spiro atoms. The van der Waals surface area contributed by atoms with Gasteiger partial charge in [-0.2, -0.15) is 0 Å². The molecule has 100 valence electrons. The van der Waals surface area contributed by atoms with Crippen LogP contribution in [-0.2, 0) is 4.74 Å². The Morgan fingerprint density at radius 1 is 1.61 bits per heavy atom.